The van der Waals surface area contributed by atoms with E-state index in [4.69, 9.17) is 18.9 Å². The van der Waals surface area contributed by atoms with E-state index in [1.807, 2.05) is 0 Å². The van der Waals surface area contributed by atoms with Crippen molar-refractivity contribution in [3.05, 3.63) is 0 Å². The summed E-state index contributed by atoms with van der Waals surface area (Å²) in [5.41, 5.74) is -1.31. The summed E-state index contributed by atoms with van der Waals surface area (Å²) in [7, 11) is 0. The number of ether oxygens (including phenoxy) is 4. The van der Waals surface area contributed by atoms with Crippen molar-refractivity contribution in [2.24, 2.45) is 50.7 Å². The SMILES string of the molecule is CC(=O)O[C@@H](C1C[C@@H](C)[C@H]2C(O1)C(=O)[C@@]1(C)C3CC[C@H]4C(C)(C)[C@@H](OC5CNCCO5)CC[C@@]45C[C@@]35CC[C@]21C)C(C)(C)O. The quantitative estimate of drug-likeness (QED) is 0.415. The molecule has 0 amide bonds. The molecule has 2 N–H and O–H groups in total. The highest BCUT2D eigenvalue weighted by Gasteiger charge is 2.85. The number of aliphatic hydroxyl groups is 1. The molecule has 4 unspecified atom stereocenters. The molecular formula is C36H57NO7. The van der Waals surface area contributed by atoms with Crippen LogP contribution in [0, 0.1) is 50.7 Å². The second-order valence-corrected chi connectivity index (χ2v) is 17.7. The molecule has 7 rings (SSSR count). The van der Waals surface area contributed by atoms with Gasteiger partial charge in [0.2, 0.25) is 0 Å². The van der Waals surface area contributed by atoms with Crippen molar-refractivity contribution in [3.63, 3.8) is 0 Å². The Balaban J connectivity index is 1.16. The van der Waals surface area contributed by atoms with Crippen LogP contribution in [0.1, 0.15) is 107 Å². The van der Waals surface area contributed by atoms with Gasteiger partial charge in [-0.1, -0.05) is 34.6 Å². The summed E-state index contributed by atoms with van der Waals surface area (Å²) in [6.45, 7) is 18.9. The van der Waals surface area contributed by atoms with E-state index in [0.29, 0.717) is 30.3 Å². The fourth-order valence-corrected chi connectivity index (χ4v) is 13.1. The van der Waals surface area contributed by atoms with Crippen molar-refractivity contribution >= 4 is 11.8 Å². The Hall–Kier alpha value is -1.06. The summed E-state index contributed by atoms with van der Waals surface area (Å²) in [6.07, 6.45) is 6.80. The number of carbonyl (C=O) groups excluding carboxylic acids is 2. The molecule has 0 aromatic carbocycles. The first-order valence-corrected chi connectivity index (χ1v) is 17.6. The van der Waals surface area contributed by atoms with Gasteiger partial charge in [0.05, 0.1) is 24.4 Å². The molecule has 8 heteroatoms. The maximum absolute atomic E-state index is 14.9. The molecule has 44 heavy (non-hydrogen) atoms. The van der Waals surface area contributed by atoms with Crippen molar-refractivity contribution in [2.75, 3.05) is 19.7 Å². The first kappa shape index (κ1) is 31.5. The highest BCUT2D eigenvalue weighted by atomic mass is 16.7. The molecule has 2 spiro atoms. The zero-order valence-electron chi connectivity index (χ0n) is 28.4. The van der Waals surface area contributed by atoms with Crippen LogP contribution >= 0.6 is 0 Å². The maximum Gasteiger partial charge on any atom is 0.303 e. The second kappa shape index (κ2) is 9.98. The van der Waals surface area contributed by atoms with Gasteiger partial charge in [-0.25, -0.2) is 0 Å². The Bertz CT molecular complexity index is 1190. The lowest BCUT2D eigenvalue weighted by molar-refractivity contribution is -0.235. The number of hydrogen-bond donors (Lipinski definition) is 2. The minimum atomic E-state index is -1.27. The van der Waals surface area contributed by atoms with Gasteiger partial charge in [-0.3, -0.25) is 9.59 Å². The third kappa shape index (κ3) is 4.05. The van der Waals surface area contributed by atoms with Crippen LogP contribution in [0.15, 0.2) is 0 Å². The summed E-state index contributed by atoms with van der Waals surface area (Å²) in [6, 6.07) is 0. The van der Waals surface area contributed by atoms with E-state index in [1.54, 1.807) is 13.8 Å². The summed E-state index contributed by atoms with van der Waals surface area (Å²) in [4.78, 5) is 27.0. The molecule has 2 saturated heterocycles. The molecule has 0 aromatic rings. The maximum atomic E-state index is 14.9. The zero-order valence-corrected chi connectivity index (χ0v) is 28.4. The summed E-state index contributed by atoms with van der Waals surface area (Å²) in [5.74, 6) is 1.12. The Morgan fingerprint density at radius 3 is 2.43 bits per heavy atom. The van der Waals surface area contributed by atoms with Crippen molar-refractivity contribution in [1.29, 1.82) is 0 Å². The van der Waals surface area contributed by atoms with Crippen LogP contribution in [0.5, 0.6) is 0 Å². The van der Waals surface area contributed by atoms with Gasteiger partial charge in [0.15, 0.2) is 18.2 Å². The van der Waals surface area contributed by atoms with Gasteiger partial charge in [-0.05, 0) is 105 Å². The van der Waals surface area contributed by atoms with Crippen molar-refractivity contribution in [3.8, 4) is 0 Å². The number of morpholine rings is 1. The molecule has 2 heterocycles. The smallest absolute Gasteiger partial charge is 0.303 e. The third-order valence-electron chi connectivity index (χ3n) is 15.0. The van der Waals surface area contributed by atoms with E-state index < -0.39 is 35.3 Å². The zero-order chi connectivity index (χ0) is 31.7. The number of esters is 1. The number of carbonyl (C=O) groups is 2. The number of hydrogen-bond acceptors (Lipinski definition) is 8. The minimum Gasteiger partial charge on any atom is -0.457 e. The molecule has 13 atom stereocenters. The highest BCUT2D eigenvalue weighted by molar-refractivity contribution is 5.93. The highest BCUT2D eigenvalue weighted by Crippen LogP contribution is 2.89. The normalized spacial score (nSPS) is 51.6. The van der Waals surface area contributed by atoms with Crippen LogP contribution in [-0.4, -0.2) is 72.9 Å². The lowest BCUT2D eigenvalue weighted by Crippen LogP contribution is -2.59. The minimum absolute atomic E-state index is 0.0521. The van der Waals surface area contributed by atoms with E-state index in [-0.39, 0.29) is 46.3 Å². The lowest BCUT2D eigenvalue weighted by Gasteiger charge is -2.62. The Morgan fingerprint density at radius 2 is 1.77 bits per heavy atom. The van der Waals surface area contributed by atoms with Crippen LogP contribution in [0.25, 0.3) is 0 Å². The Kier molecular flexibility index (Phi) is 7.15. The molecule has 7 fully saturated rings. The van der Waals surface area contributed by atoms with Crippen LogP contribution in [-0.2, 0) is 28.5 Å². The predicted octanol–water partition coefficient (Wildman–Crippen LogP) is 5.04. The van der Waals surface area contributed by atoms with Gasteiger partial charge in [-0.15, -0.1) is 0 Å². The first-order valence-electron chi connectivity index (χ1n) is 17.6. The van der Waals surface area contributed by atoms with Gasteiger partial charge in [-0.2, -0.15) is 0 Å². The van der Waals surface area contributed by atoms with Crippen molar-refractivity contribution in [1.82, 2.24) is 5.32 Å². The standard InChI is InChI=1S/C36H57NO7/c1-20-17-22(30(32(5,6)40)42-21(2)38)43-28-27(20)33(7)13-14-36-19-35(36)12-11-25(44-26-18-37-15-16-41-26)31(3,4)23(35)9-10-24(36)34(33,8)29(28)39/h20,22-28,30,37,40H,9-19H2,1-8H3/t20-,22?,23+,24?,25+,26?,27+,28?,30+,33-,34-,35-,36+/m1/s1. The molecular weight excluding hydrogens is 558 g/mol. The average molecular weight is 616 g/mol. The van der Waals surface area contributed by atoms with Crippen LogP contribution in [0.2, 0.25) is 0 Å². The number of ketones is 1. The topological polar surface area (TPSA) is 103 Å². The summed E-state index contributed by atoms with van der Waals surface area (Å²) < 4.78 is 25.0. The molecule has 2 aliphatic heterocycles. The van der Waals surface area contributed by atoms with E-state index >= 15 is 0 Å². The fraction of sp³-hybridized carbons (Fsp3) is 0.944. The van der Waals surface area contributed by atoms with Crippen molar-refractivity contribution in [2.45, 2.75) is 143 Å². The molecule has 0 bridgehead atoms. The van der Waals surface area contributed by atoms with Gasteiger partial charge in [0.1, 0.15) is 6.10 Å². The molecule has 5 aliphatic carbocycles. The summed E-state index contributed by atoms with van der Waals surface area (Å²) >= 11 is 0. The molecule has 248 valence electrons. The number of fused-ring (bicyclic) bond motifs is 4. The van der Waals surface area contributed by atoms with Gasteiger partial charge in [0, 0.05) is 31.3 Å². The fourth-order valence-electron chi connectivity index (χ4n) is 13.1. The van der Waals surface area contributed by atoms with Gasteiger partial charge >= 0.3 is 5.97 Å². The average Bonchev–Trinajstić information content (AvgIpc) is 3.58. The Morgan fingerprint density at radius 1 is 1.07 bits per heavy atom. The van der Waals surface area contributed by atoms with Gasteiger partial charge < -0.3 is 29.4 Å². The molecule has 0 radical (unpaired) electrons. The molecule has 8 nitrogen and oxygen atoms in total. The van der Waals surface area contributed by atoms with E-state index in [9.17, 15) is 14.7 Å². The number of Topliss-reactive ketones (excluding diaryl/α,β-unsaturated/α-hetero) is 1. The largest absolute Gasteiger partial charge is 0.457 e. The molecule has 5 saturated carbocycles. The number of nitrogens with one attached hydrogen (secondary N) is 1. The first-order chi connectivity index (χ1) is 20.5. The monoisotopic (exact) mass is 615 g/mol. The van der Waals surface area contributed by atoms with Crippen LogP contribution in [0.3, 0.4) is 0 Å². The molecule has 0 aromatic heterocycles. The van der Waals surface area contributed by atoms with E-state index in [0.717, 1.165) is 38.8 Å². The van der Waals surface area contributed by atoms with E-state index in [1.165, 1.54) is 26.2 Å². The van der Waals surface area contributed by atoms with Crippen molar-refractivity contribution < 1.29 is 33.6 Å². The van der Waals surface area contributed by atoms with E-state index in [2.05, 4.69) is 39.9 Å². The van der Waals surface area contributed by atoms with Crippen LogP contribution < -0.4 is 5.32 Å². The number of rotatable bonds is 5. The van der Waals surface area contributed by atoms with Crippen LogP contribution in [0.4, 0.5) is 0 Å². The molecule has 7 aliphatic rings. The van der Waals surface area contributed by atoms with Gasteiger partial charge in [0.25, 0.3) is 0 Å². The Labute approximate surface area is 264 Å². The summed E-state index contributed by atoms with van der Waals surface area (Å²) in [5, 5.41) is 14.4. The lowest BCUT2D eigenvalue weighted by atomic mass is 9.41. The predicted molar refractivity (Wildman–Crippen MR) is 164 cm³/mol. The second-order valence-electron chi connectivity index (χ2n) is 17.7. The third-order valence-corrected chi connectivity index (χ3v) is 15.0.